The number of methoxy groups -OCH3 is 1. The smallest absolute Gasteiger partial charge is 0.232 e. The van der Waals surface area contributed by atoms with Crippen molar-refractivity contribution in [3.8, 4) is 5.75 Å². The fourth-order valence-electron chi connectivity index (χ4n) is 2.52. The third kappa shape index (κ3) is 5.85. The van der Waals surface area contributed by atoms with E-state index in [1.165, 1.54) is 10.3 Å². The van der Waals surface area contributed by atoms with Crippen molar-refractivity contribution in [2.75, 3.05) is 23.3 Å². The molecule has 1 aromatic heterocycles. The van der Waals surface area contributed by atoms with Crippen LogP contribution in [0.25, 0.3) is 10.2 Å². The van der Waals surface area contributed by atoms with Crippen LogP contribution in [0.4, 0.5) is 5.69 Å². The Hall–Kier alpha value is -1.77. The highest BCUT2D eigenvalue weighted by Crippen LogP contribution is 2.30. The molecular weight excluding hydrogens is 400 g/mol. The van der Waals surface area contributed by atoms with E-state index in [1.54, 1.807) is 54.5 Å². The van der Waals surface area contributed by atoms with E-state index in [-0.39, 0.29) is 5.75 Å². The van der Waals surface area contributed by atoms with E-state index in [2.05, 4.69) is 34.8 Å². The molecule has 3 aromatic rings. The van der Waals surface area contributed by atoms with Crippen molar-refractivity contribution in [3.05, 3.63) is 48.0 Å². The molecule has 0 atom stereocenters. The molecule has 0 radical (unpaired) electrons. The molecule has 8 heteroatoms. The first-order valence-corrected chi connectivity index (χ1v) is 12.1. The highest BCUT2D eigenvalue weighted by molar-refractivity contribution is 8.01. The molecule has 0 saturated heterocycles. The van der Waals surface area contributed by atoms with Gasteiger partial charge in [0.25, 0.3) is 0 Å². The number of nitrogens with one attached hydrogen (secondary N) is 1. The molecule has 2 aromatic carbocycles. The number of hydrogen-bond acceptors (Lipinski definition) is 6. The maximum absolute atomic E-state index is 12.2. The summed E-state index contributed by atoms with van der Waals surface area (Å²) in [5, 5.41) is 0. The Bertz CT molecular complexity index is 999. The van der Waals surface area contributed by atoms with Gasteiger partial charge in [0.05, 0.1) is 23.1 Å². The number of rotatable bonds is 9. The quantitative estimate of drug-likeness (QED) is 0.391. The van der Waals surface area contributed by atoms with Crippen molar-refractivity contribution in [1.29, 1.82) is 0 Å². The van der Waals surface area contributed by atoms with Crippen LogP contribution in [-0.4, -0.2) is 32.0 Å². The Morgan fingerprint density at radius 2 is 1.93 bits per heavy atom. The van der Waals surface area contributed by atoms with Gasteiger partial charge >= 0.3 is 0 Å². The van der Waals surface area contributed by atoms with Crippen LogP contribution in [0.2, 0.25) is 0 Å². The van der Waals surface area contributed by atoms with Gasteiger partial charge in [0.15, 0.2) is 4.34 Å². The monoisotopic (exact) mass is 422 g/mol. The lowest BCUT2D eigenvalue weighted by atomic mass is 10.2. The Balaban J connectivity index is 1.42. The zero-order valence-corrected chi connectivity index (χ0v) is 17.7. The molecule has 0 saturated carbocycles. The van der Waals surface area contributed by atoms with Gasteiger partial charge < -0.3 is 4.74 Å². The van der Waals surface area contributed by atoms with Crippen LogP contribution in [0, 0.1) is 6.92 Å². The lowest BCUT2D eigenvalue weighted by Gasteiger charge is -2.08. The van der Waals surface area contributed by atoms with Crippen molar-refractivity contribution >= 4 is 49.0 Å². The highest BCUT2D eigenvalue weighted by atomic mass is 32.2. The van der Waals surface area contributed by atoms with Gasteiger partial charge in [0.2, 0.25) is 10.0 Å². The van der Waals surface area contributed by atoms with E-state index in [1.807, 2.05) is 0 Å². The van der Waals surface area contributed by atoms with Crippen LogP contribution in [0.5, 0.6) is 5.75 Å². The molecule has 3 rings (SSSR count). The van der Waals surface area contributed by atoms with Gasteiger partial charge in [-0.3, -0.25) is 4.72 Å². The van der Waals surface area contributed by atoms with Crippen LogP contribution < -0.4 is 9.46 Å². The number of fused-ring (bicyclic) bond motifs is 1. The zero-order valence-electron chi connectivity index (χ0n) is 15.3. The van der Waals surface area contributed by atoms with Gasteiger partial charge in [0, 0.05) is 11.4 Å². The Kier molecular flexibility index (Phi) is 6.62. The summed E-state index contributed by atoms with van der Waals surface area (Å²) in [5.74, 6) is 1.66. The number of nitrogens with zero attached hydrogens (tertiary/aromatic N) is 1. The fourth-order valence-corrected chi connectivity index (χ4v) is 5.82. The third-order valence-corrected chi connectivity index (χ3v) is 7.56. The van der Waals surface area contributed by atoms with E-state index in [4.69, 9.17) is 4.74 Å². The van der Waals surface area contributed by atoms with Gasteiger partial charge in [0.1, 0.15) is 5.75 Å². The second-order valence-corrected chi connectivity index (χ2v) is 10.4. The standard InChI is InChI=1S/C19H22N2O3S3/c1-14-5-10-18-17(13-14)20-19(26-18)25-11-3-4-12-27(22,23)21-15-6-8-16(24-2)9-7-15/h5-10,13,21H,3-4,11-12H2,1-2H3. The summed E-state index contributed by atoms with van der Waals surface area (Å²) >= 11 is 3.37. The lowest BCUT2D eigenvalue weighted by molar-refractivity contribution is 0.415. The molecule has 1 N–H and O–H groups in total. The number of ether oxygens (including phenoxy) is 1. The van der Waals surface area contributed by atoms with Crippen molar-refractivity contribution in [2.45, 2.75) is 24.1 Å². The van der Waals surface area contributed by atoms with E-state index >= 15 is 0 Å². The topological polar surface area (TPSA) is 68.3 Å². The van der Waals surface area contributed by atoms with Crippen molar-refractivity contribution in [2.24, 2.45) is 0 Å². The van der Waals surface area contributed by atoms with Crippen LogP contribution in [-0.2, 0) is 10.0 Å². The SMILES string of the molecule is COc1ccc(NS(=O)(=O)CCCCSc2nc3cc(C)ccc3s2)cc1. The molecule has 0 aliphatic rings. The molecule has 0 bridgehead atoms. The fraction of sp³-hybridized carbons (Fsp3) is 0.316. The number of thiazole rings is 1. The summed E-state index contributed by atoms with van der Waals surface area (Å²) in [4.78, 5) is 4.63. The summed E-state index contributed by atoms with van der Waals surface area (Å²) in [6.45, 7) is 2.06. The molecule has 0 aliphatic carbocycles. The van der Waals surface area contributed by atoms with Crippen molar-refractivity contribution in [1.82, 2.24) is 4.98 Å². The van der Waals surface area contributed by atoms with Gasteiger partial charge in [-0.2, -0.15) is 0 Å². The first kappa shape index (κ1) is 20.0. The number of unbranched alkanes of at least 4 members (excludes halogenated alkanes) is 1. The van der Waals surface area contributed by atoms with Crippen LogP contribution in [0.1, 0.15) is 18.4 Å². The van der Waals surface area contributed by atoms with Gasteiger partial charge in [-0.15, -0.1) is 11.3 Å². The molecular formula is C19H22N2O3S3. The number of sulfonamides is 1. The van der Waals surface area contributed by atoms with E-state index in [0.717, 1.165) is 22.0 Å². The minimum absolute atomic E-state index is 0.110. The number of hydrogen-bond donors (Lipinski definition) is 1. The first-order chi connectivity index (χ1) is 12.9. The summed E-state index contributed by atoms with van der Waals surface area (Å²) in [7, 11) is -1.76. The normalized spacial score (nSPS) is 11.6. The first-order valence-electron chi connectivity index (χ1n) is 8.60. The molecule has 27 heavy (non-hydrogen) atoms. The predicted molar refractivity (Wildman–Crippen MR) is 115 cm³/mol. The lowest BCUT2D eigenvalue weighted by Crippen LogP contribution is -2.16. The number of anilines is 1. The third-order valence-electron chi connectivity index (χ3n) is 3.92. The minimum Gasteiger partial charge on any atom is -0.497 e. The summed E-state index contributed by atoms with van der Waals surface area (Å²) < 4.78 is 34.3. The molecule has 144 valence electrons. The summed E-state index contributed by atoms with van der Waals surface area (Å²) in [6, 6.07) is 13.1. The molecule has 1 heterocycles. The summed E-state index contributed by atoms with van der Waals surface area (Å²) in [6.07, 6.45) is 1.44. The molecule has 0 unspecified atom stereocenters. The number of thioether (sulfide) groups is 1. The number of aryl methyl sites for hydroxylation is 1. The maximum Gasteiger partial charge on any atom is 0.232 e. The molecule has 5 nitrogen and oxygen atoms in total. The average Bonchev–Trinajstić information content (AvgIpc) is 3.03. The minimum atomic E-state index is -3.34. The molecule has 0 amide bonds. The zero-order chi connectivity index (χ0) is 19.3. The van der Waals surface area contributed by atoms with E-state index in [0.29, 0.717) is 17.9 Å². The predicted octanol–water partition coefficient (Wildman–Crippen LogP) is 4.93. The van der Waals surface area contributed by atoms with E-state index < -0.39 is 10.0 Å². The Morgan fingerprint density at radius 1 is 1.15 bits per heavy atom. The number of benzene rings is 2. The molecule has 0 aliphatic heterocycles. The van der Waals surface area contributed by atoms with Gasteiger partial charge in [-0.25, -0.2) is 13.4 Å². The number of aromatic nitrogens is 1. The second kappa shape index (κ2) is 8.95. The van der Waals surface area contributed by atoms with Crippen molar-refractivity contribution in [3.63, 3.8) is 0 Å². The van der Waals surface area contributed by atoms with Crippen LogP contribution in [0.3, 0.4) is 0 Å². The second-order valence-electron chi connectivity index (χ2n) is 6.16. The van der Waals surface area contributed by atoms with Gasteiger partial charge in [-0.1, -0.05) is 17.8 Å². The Labute approximate surface area is 168 Å². The summed E-state index contributed by atoms with van der Waals surface area (Å²) in [5.41, 5.74) is 2.79. The molecule has 0 spiro atoms. The van der Waals surface area contributed by atoms with Gasteiger partial charge in [-0.05, 0) is 61.7 Å². The molecule has 0 fully saturated rings. The maximum atomic E-state index is 12.2. The van der Waals surface area contributed by atoms with Crippen LogP contribution in [0.15, 0.2) is 46.8 Å². The van der Waals surface area contributed by atoms with E-state index in [9.17, 15) is 8.42 Å². The Morgan fingerprint density at radius 3 is 2.67 bits per heavy atom. The van der Waals surface area contributed by atoms with Crippen molar-refractivity contribution < 1.29 is 13.2 Å². The largest absolute Gasteiger partial charge is 0.497 e. The highest BCUT2D eigenvalue weighted by Gasteiger charge is 2.11. The average molecular weight is 423 g/mol. The van der Waals surface area contributed by atoms with Crippen LogP contribution >= 0.6 is 23.1 Å².